The Bertz CT molecular complexity index is 1150. The van der Waals surface area contributed by atoms with Crippen molar-refractivity contribution in [1.29, 1.82) is 0 Å². The summed E-state index contributed by atoms with van der Waals surface area (Å²) in [6.07, 6.45) is -5.52. The van der Waals surface area contributed by atoms with Crippen molar-refractivity contribution in [3.63, 3.8) is 0 Å². The topological polar surface area (TPSA) is 93.2 Å². The molecular formula is C24H21F3N2O6. The zero-order valence-electron chi connectivity index (χ0n) is 18.5. The number of ether oxygens (including phenoxy) is 2. The predicted molar refractivity (Wildman–Crippen MR) is 115 cm³/mol. The van der Waals surface area contributed by atoms with Crippen molar-refractivity contribution in [1.82, 2.24) is 4.90 Å². The van der Waals surface area contributed by atoms with E-state index in [1.807, 2.05) is 6.07 Å². The fraction of sp³-hybridized carbons (Fsp3) is 0.333. The Hall–Kier alpha value is -3.89. The van der Waals surface area contributed by atoms with Crippen LogP contribution in [0.4, 0.5) is 23.7 Å². The summed E-state index contributed by atoms with van der Waals surface area (Å²) in [7, 11) is 1.15. The molecule has 2 heterocycles. The minimum atomic E-state index is -5.24. The third-order valence-corrected chi connectivity index (χ3v) is 6.25. The number of likely N-dealkylation sites (tertiary alicyclic amines) is 1. The van der Waals surface area contributed by atoms with Gasteiger partial charge in [-0.05, 0) is 35.7 Å². The zero-order chi connectivity index (χ0) is 25.3. The first-order chi connectivity index (χ1) is 16.7. The molecule has 8 nitrogen and oxygen atoms in total. The number of benzene rings is 2. The van der Waals surface area contributed by atoms with Gasteiger partial charge in [0.15, 0.2) is 0 Å². The summed E-state index contributed by atoms with van der Waals surface area (Å²) >= 11 is 0. The van der Waals surface area contributed by atoms with Gasteiger partial charge >= 0.3 is 24.1 Å². The molecule has 35 heavy (non-hydrogen) atoms. The predicted octanol–water partition coefficient (Wildman–Crippen LogP) is 3.65. The maximum atomic E-state index is 13.4. The van der Waals surface area contributed by atoms with Gasteiger partial charge in [0.25, 0.3) is 0 Å². The third kappa shape index (κ3) is 4.45. The lowest BCUT2D eigenvalue weighted by molar-refractivity contribution is -0.171. The van der Waals surface area contributed by atoms with Gasteiger partial charge in [-0.15, -0.1) is 0 Å². The van der Waals surface area contributed by atoms with Crippen LogP contribution in [0, 0.1) is 5.92 Å². The van der Waals surface area contributed by atoms with Crippen molar-refractivity contribution in [3.05, 3.63) is 65.2 Å². The Labute approximate surface area is 198 Å². The Balaban J connectivity index is 1.75. The zero-order valence-corrected chi connectivity index (χ0v) is 18.5. The molecule has 0 saturated carbocycles. The second-order valence-electron chi connectivity index (χ2n) is 8.20. The van der Waals surface area contributed by atoms with Gasteiger partial charge in [-0.25, -0.2) is 9.59 Å². The average Bonchev–Trinajstić information content (AvgIpc) is 3.30. The number of esters is 1. The number of hydrogen-bond donors (Lipinski definition) is 0. The van der Waals surface area contributed by atoms with E-state index in [-0.39, 0.29) is 42.7 Å². The van der Waals surface area contributed by atoms with E-state index in [4.69, 9.17) is 9.47 Å². The van der Waals surface area contributed by atoms with Crippen molar-refractivity contribution in [2.75, 3.05) is 18.6 Å². The van der Waals surface area contributed by atoms with Crippen LogP contribution >= 0.6 is 0 Å². The second kappa shape index (κ2) is 9.40. The summed E-state index contributed by atoms with van der Waals surface area (Å²) in [5.41, 5.74) is 0.684. The van der Waals surface area contributed by atoms with E-state index in [1.165, 1.54) is 17.0 Å². The van der Waals surface area contributed by atoms with E-state index in [9.17, 15) is 32.3 Å². The maximum Gasteiger partial charge on any atom is 0.471 e. The van der Waals surface area contributed by atoms with E-state index in [0.29, 0.717) is 4.90 Å². The highest BCUT2D eigenvalue weighted by Crippen LogP contribution is 2.50. The van der Waals surface area contributed by atoms with E-state index < -0.39 is 42.1 Å². The summed E-state index contributed by atoms with van der Waals surface area (Å²) < 4.78 is 50.5. The molecule has 2 aliphatic heterocycles. The summed E-state index contributed by atoms with van der Waals surface area (Å²) in [6, 6.07) is 10.2. The van der Waals surface area contributed by atoms with Gasteiger partial charge in [-0.2, -0.15) is 13.2 Å². The Morgan fingerprint density at radius 1 is 1.11 bits per heavy atom. The summed E-state index contributed by atoms with van der Waals surface area (Å²) in [4.78, 5) is 51.2. The molecule has 2 aliphatic rings. The minimum Gasteiger partial charge on any atom is -0.465 e. The number of methoxy groups -OCH3 is 1. The average molecular weight is 490 g/mol. The third-order valence-electron chi connectivity index (χ3n) is 6.25. The fourth-order valence-corrected chi connectivity index (χ4v) is 4.73. The fourth-order valence-electron chi connectivity index (χ4n) is 4.73. The molecule has 4 rings (SSSR count). The van der Waals surface area contributed by atoms with Crippen LogP contribution in [-0.4, -0.2) is 55.0 Å². The summed E-state index contributed by atoms with van der Waals surface area (Å²) in [6.45, 7) is 0.0572. The van der Waals surface area contributed by atoms with Gasteiger partial charge in [-0.1, -0.05) is 30.3 Å². The molecule has 0 aromatic heterocycles. The lowest BCUT2D eigenvalue weighted by Gasteiger charge is -2.43. The number of nitrogens with zero attached hydrogens (tertiary/aromatic N) is 2. The quantitative estimate of drug-likeness (QED) is 0.480. The number of aldehydes is 1. The Morgan fingerprint density at radius 3 is 2.46 bits per heavy atom. The van der Waals surface area contributed by atoms with Crippen LogP contribution in [0.1, 0.15) is 33.9 Å². The smallest absolute Gasteiger partial charge is 0.465 e. The van der Waals surface area contributed by atoms with Crippen LogP contribution < -0.4 is 4.90 Å². The number of alkyl halides is 3. The molecule has 0 radical (unpaired) electrons. The first-order valence-electron chi connectivity index (χ1n) is 10.7. The van der Waals surface area contributed by atoms with Crippen LogP contribution in [0.5, 0.6) is 0 Å². The molecule has 0 aliphatic carbocycles. The standard InChI is InChI=1S/C24H21F3N2O6/c1-34-21(31)15-7-8-18-17(11-15)20-16(19(12-30)29(18)22(32)24(25,26)27)9-10-28(20)23(33)35-13-14-5-3-2-4-6-14/h2-8,11-12,16,19-20H,9-10,13H2,1H3/t16-,19-,20-/m0/s1. The Morgan fingerprint density at radius 2 is 1.83 bits per heavy atom. The SMILES string of the molecule is COC(=O)c1ccc2c(c1)[C@@H]1[C@@H](CCN1C(=O)OCc1ccccc1)[C@H](C=O)N2C(=O)C(F)(F)F. The molecule has 0 unspecified atom stereocenters. The number of rotatable bonds is 4. The number of halogens is 3. The number of carbonyl (C=O) groups is 4. The van der Waals surface area contributed by atoms with Gasteiger partial charge in [0.2, 0.25) is 0 Å². The monoisotopic (exact) mass is 490 g/mol. The molecule has 2 amide bonds. The molecule has 3 atom stereocenters. The second-order valence-corrected chi connectivity index (χ2v) is 8.20. The molecule has 11 heteroatoms. The van der Waals surface area contributed by atoms with Crippen molar-refractivity contribution >= 4 is 29.9 Å². The van der Waals surface area contributed by atoms with Gasteiger partial charge < -0.3 is 19.2 Å². The summed E-state index contributed by atoms with van der Waals surface area (Å²) in [5, 5.41) is 0. The Kier molecular flexibility index (Phi) is 6.51. The molecule has 0 N–H and O–H groups in total. The van der Waals surface area contributed by atoms with Crippen molar-refractivity contribution in [2.45, 2.75) is 31.3 Å². The highest BCUT2D eigenvalue weighted by atomic mass is 19.4. The lowest BCUT2D eigenvalue weighted by atomic mass is 9.81. The minimum absolute atomic E-state index is 0.0264. The van der Waals surface area contributed by atoms with Gasteiger partial charge in [-0.3, -0.25) is 9.69 Å². The number of hydrogen-bond acceptors (Lipinski definition) is 6. The highest BCUT2D eigenvalue weighted by Gasteiger charge is 2.55. The first-order valence-corrected chi connectivity index (χ1v) is 10.7. The molecule has 0 bridgehead atoms. The molecule has 2 aromatic rings. The largest absolute Gasteiger partial charge is 0.471 e. The molecule has 1 fully saturated rings. The number of carbonyl (C=O) groups excluding carboxylic acids is 4. The van der Waals surface area contributed by atoms with Crippen LogP contribution in [0.15, 0.2) is 48.5 Å². The van der Waals surface area contributed by atoms with E-state index in [0.717, 1.165) is 18.7 Å². The van der Waals surface area contributed by atoms with Crippen LogP contribution in [-0.2, 0) is 25.7 Å². The van der Waals surface area contributed by atoms with E-state index in [2.05, 4.69) is 0 Å². The molecular weight excluding hydrogens is 469 g/mol. The van der Waals surface area contributed by atoms with E-state index in [1.54, 1.807) is 24.3 Å². The van der Waals surface area contributed by atoms with Gasteiger partial charge in [0, 0.05) is 12.5 Å². The maximum absolute atomic E-state index is 13.4. The van der Waals surface area contributed by atoms with E-state index >= 15 is 0 Å². The van der Waals surface area contributed by atoms with Gasteiger partial charge in [0.1, 0.15) is 12.9 Å². The van der Waals surface area contributed by atoms with Crippen LogP contribution in [0.3, 0.4) is 0 Å². The van der Waals surface area contributed by atoms with Crippen molar-refractivity contribution in [2.24, 2.45) is 5.92 Å². The van der Waals surface area contributed by atoms with Crippen molar-refractivity contribution in [3.8, 4) is 0 Å². The molecule has 184 valence electrons. The van der Waals surface area contributed by atoms with Crippen LogP contribution in [0.2, 0.25) is 0 Å². The summed E-state index contributed by atoms with van der Waals surface area (Å²) in [5.74, 6) is -3.78. The normalized spacial score (nSPS) is 21.1. The molecule has 2 aromatic carbocycles. The molecule has 0 spiro atoms. The number of anilines is 1. The lowest BCUT2D eigenvalue weighted by Crippen LogP contribution is -2.55. The van der Waals surface area contributed by atoms with Crippen LogP contribution in [0.25, 0.3) is 0 Å². The molecule has 1 saturated heterocycles. The number of fused-ring (bicyclic) bond motifs is 3. The van der Waals surface area contributed by atoms with Gasteiger partial charge in [0.05, 0.1) is 30.4 Å². The first kappa shape index (κ1) is 24.2. The number of amides is 2. The van der Waals surface area contributed by atoms with Crippen molar-refractivity contribution < 1.29 is 41.8 Å². The highest BCUT2D eigenvalue weighted by molar-refractivity contribution is 6.03.